The second-order valence-electron chi connectivity index (χ2n) is 3.70. The van der Waals surface area contributed by atoms with Gasteiger partial charge < -0.3 is 5.73 Å². The van der Waals surface area contributed by atoms with Gasteiger partial charge in [0.05, 0.1) is 32.7 Å². The highest BCUT2D eigenvalue weighted by Gasteiger charge is 2.11. The van der Waals surface area contributed by atoms with E-state index in [1.165, 1.54) is 0 Å². The van der Waals surface area contributed by atoms with Gasteiger partial charge in [-0.3, -0.25) is 8.89 Å². The molecule has 0 bridgehead atoms. The highest BCUT2D eigenvalue weighted by molar-refractivity contribution is 7.84. The zero-order chi connectivity index (χ0) is 12.4. The number of rotatable bonds is 3. The molecule has 90 valence electrons. The Balaban J connectivity index is 2.22. The Morgan fingerprint density at radius 1 is 1.53 bits per heavy atom. The lowest BCUT2D eigenvalue weighted by Gasteiger charge is -2.04. The van der Waals surface area contributed by atoms with E-state index in [1.54, 1.807) is 29.1 Å². The summed E-state index contributed by atoms with van der Waals surface area (Å²) in [6, 6.07) is 5.00. The number of hydrogen-bond donors (Lipinski definition) is 1. The maximum absolute atomic E-state index is 12.1. The highest BCUT2D eigenvalue weighted by Crippen LogP contribution is 2.24. The van der Waals surface area contributed by atoms with Gasteiger partial charge >= 0.3 is 0 Å². The van der Waals surface area contributed by atoms with Crippen molar-refractivity contribution in [2.45, 2.75) is 10.6 Å². The molecule has 0 fully saturated rings. The number of hydrogen-bond acceptors (Lipinski definition) is 3. The van der Waals surface area contributed by atoms with Gasteiger partial charge in [-0.05, 0) is 18.2 Å². The van der Waals surface area contributed by atoms with Gasteiger partial charge in [0.25, 0.3) is 0 Å². The molecule has 4 nitrogen and oxygen atoms in total. The van der Waals surface area contributed by atoms with Crippen molar-refractivity contribution in [1.82, 2.24) is 9.78 Å². The maximum atomic E-state index is 12.1. The second-order valence-corrected chi connectivity index (χ2v) is 5.53. The predicted molar refractivity (Wildman–Crippen MR) is 69.2 cm³/mol. The standard InChI is InChI=1S/C11H12ClN3OS/c1-15-6-8(5-14-15)7-17(16)11-4-9(13)2-3-10(11)12/h2-6H,7,13H2,1H3. The molecule has 0 spiro atoms. The molecule has 6 heteroatoms. The molecule has 0 amide bonds. The van der Waals surface area contributed by atoms with E-state index in [2.05, 4.69) is 5.10 Å². The van der Waals surface area contributed by atoms with Gasteiger partial charge in [-0.15, -0.1) is 0 Å². The fraction of sp³-hybridized carbons (Fsp3) is 0.182. The van der Waals surface area contributed by atoms with Crippen LogP contribution in [0.15, 0.2) is 35.5 Å². The zero-order valence-corrected chi connectivity index (χ0v) is 10.8. The Morgan fingerprint density at radius 2 is 2.29 bits per heavy atom. The van der Waals surface area contributed by atoms with Crippen molar-refractivity contribution < 1.29 is 4.21 Å². The normalized spacial score (nSPS) is 12.6. The van der Waals surface area contributed by atoms with Crippen LogP contribution in [0.2, 0.25) is 5.02 Å². The lowest BCUT2D eigenvalue weighted by molar-refractivity contribution is 0.682. The number of nitrogen functional groups attached to an aromatic ring is 1. The Bertz CT molecular complexity index is 568. The summed E-state index contributed by atoms with van der Waals surface area (Å²) in [5, 5.41) is 4.50. The van der Waals surface area contributed by atoms with E-state index < -0.39 is 10.8 Å². The molecule has 1 aromatic carbocycles. The molecule has 1 aromatic heterocycles. The summed E-state index contributed by atoms with van der Waals surface area (Å²) in [4.78, 5) is 0.565. The van der Waals surface area contributed by atoms with E-state index in [-0.39, 0.29) is 0 Å². The quantitative estimate of drug-likeness (QED) is 0.867. The first-order chi connectivity index (χ1) is 8.06. The molecule has 1 unspecified atom stereocenters. The van der Waals surface area contributed by atoms with Crippen LogP contribution in [0.4, 0.5) is 5.69 Å². The van der Waals surface area contributed by atoms with E-state index in [9.17, 15) is 4.21 Å². The van der Waals surface area contributed by atoms with Crippen molar-refractivity contribution in [3.63, 3.8) is 0 Å². The van der Waals surface area contributed by atoms with E-state index in [0.29, 0.717) is 21.4 Å². The summed E-state index contributed by atoms with van der Waals surface area (Å²) in [5.74, 6) is 0.386. The van der Waals surface area contributed by atoms with Crippen molar-refractivity contribution in [2.24, 2.45) is 7.05 Å². The van der Waals surface area contributed by atoms with Crippen LogP contribution in [0.3, 0.4) is 0 Å². The molecule has 17 heavy (non-hydrogen) atoms. The smallest absolute Gasteiger partial charge is 0.0598 e. The fourth-order valence-electron chi connectivity index (χ4n) is 1.47. The van der Waals surface area contributed by atoms with Crippen molar-refractivity contribution in [2.75, 3.05) is 5.73 Å². The van der Waals surface area contributed by atoms with Crippen molar-refractivity contribution in [1.29, 1.82) is 0 Å². The summed E-state index contributed by atoms with van der Waals surface area (Å²) < 4.78 is 13.8. The molecular weight excluding hydrogens is 258 g/mol. The summed E-state index contributed by atoms with van der Waals surface area (Å²) in [6.07, 6.45) is 3.52. The Morgan fingerprint density at radius 3 is 2.94 bits per heavy atom. The van der Waals surface area contributed by atoms with Crippen LogP contribution in [0, 0.1) is 0 Å². The summed E-state index contributed by atoms with van der Waals surface area (Å²) in [5.41, 5.74) is 7.12. The molecule has 0 radical (unpaired) electrons. The number of nitrogens with zero attached hydrogens (tertiary/aromatic N) is 2. The van der Waals surface area contributed by atoms with Crippen molar-refractivity contribution in [3.05, 3.63) is 41.2 Å². The average molecular weight is 270 g/mol. The van der Waals surface area contributed by atoms with Gasteiger partial charge in [0.1, 0.15) is 0 Å². The number of anilines is 1. The van der Waals surface area contributed by atoms with Crippen LogP contribution in [0.5, 0.6) is 0 Å². The molecule has 2 N–H and O–H groups in total. The van der Waals surface area contributed by atoms with Crippen molar-refractivity contribution in [3.8, 4) is 0 Å². The predicted octanol–water partition coefficient (Wildman–Crippen LogP) is 1.96. The van der Waals surface area contributed by atoms with Gasteiger partial charge in [0.15, 0.2) is 0 Å². The Labute approximate surface area is 107 Å². The molecule has 2 rings (SSSR count). The van der Waals surface area contributed by atoms with E-state index in [4.69, 9.17) is 17.3 Å². The van der Waals surface area contributed by atoms with Crippen LogP contribution in [0.25, 0.3) is 0 Å². The second kappa shape index (κ2) is 4.89. The third-order valence-electron chi connectivity index (χ3n) is 2.26. The first kappa shape index (κ1) is 12.1. The number of aryl methyl sites for hydroxylation is 1. The molecule has 0 aliphatic rings. The number of aromatic nitrogens is 2. The molecular formula is C11H12ClN3OS. The Kier molecular flexibility index (Phi) is 3.49. The van der Waals surface area contributed by atoms with E-state index in [1.807, 2.05) is 13.2 Å². The lowest BCUT2D eigenvalue weighted by atomic mass is 10.3. The first-order valence-electron chi connectivity index (χ1n) is 4.97. The topological polar surface area (TPSA) is 60.9 Å². The van der Waals surface area contributed by atoms with Crippen LogP contribution < -0.4 is 5.73 Å². The summed E-state index contributed by atoms with van der Waals surface area (Å²) in [6.45, 7) is 0. The van der Waals surface area contributed by atoms with Gasteiger partial charge in [0, 0.05) is 24.5 Å². The number of nitrogens with two attached hydrogens (primary N) is 1. The van der Waals surface area contributed by atoms with E-state index in [0.717, 1.165) is 5.56 Å². The van der Waals surface area contributed by atoms with Crippen LogP contribution in [-0.2, 0) is 23.6 Å². The monoisotopic (exact) mass is 269 g/mol. The largest absolute Gasteiger partial charge is 0.399 e. The highest BCUT2D eigenvalue weighted by atomic mass is 35.5. The van der Waals surface area contributed by atoms with Gasteiger partial charge in [-0.2, -0.15) is 5.10 Å². The molecule has 0 aliphatic heterocycles. The van der Waals surface area contributed by atoms with Crippen LogP contribution >= 0.6 is 11.6 Å². The van der Waals surface area contributed by atoms with Gasteiger partial charge in [-0.25, -0.2) is 0 Å². The Hall–Kier alpha value is -1.33. The zero-order valence-electron chi connectivity index (χ0n) is 9.26. The van der Waals surface area contributed by atoms with Crippen LogP contribution in [0.1, 0.15) is 5.56 Å². The summed E-state index contributed by atoms with van der Waals surface area (Å²) >= 11 is 5.99. The lowest BCUT2D eigenvalue weighted by Crippen LogP contribution is -1.98. The third kappa shape index (κ3) is 2.87. The minimum atomic E-state index is -1.21. The van der Waals surface area contributed by atoms with E-state index >= 15 is 0 Å². The molecule has 2 aromatic rings. The average Bonchev–Trinajstić information content (AvgIpc) is 2.67. The molecule has 1 heterocycles. The molecule has 1 atom stereocenters. The SMILES string of the molecule is Cn1cc(CS(=O)c2cc(N)ccc2Cl)cn1. The van der Waals surface area contributed by atoms with Gasteiger partial charge in [-0.1, -0.05) is 11.6 Å². The number of halogens is 1. The summed E-state index contributed by atoms with van der Waals surface area (Å²) in [7, 11) is 0.611. The fourth-order valence-corrected chi connectivity index (χ4v) is 3.01. The third-order valence-corrected chi connectivity index (χ3v) is 4.12. The molecule has 0 saturated heterocycles. The number of benzene rings is 1. The van der Waals surface area contributed by atoms with Crippen molar-refractivity contribution >= 4 is 28.1 Å². The minimum absolute atomic E-state index is 0.386. The molecule has 0 saturated carbocycles. The molecule has 0 aliphatic carbocycles. The minimum Gasteiger partial charge on any atom is -0.399 e. The van der Waals surface area contributed by atoms with Crippen LogP contribution in [-0.4, -0.2) is 14.0 Å². The van der Waals surface area contributed by atoms with Gasteiger partial charge in [0.2, 0.25) is 0 Å². The maximum Gasteiger partial charge on any atom is 0.0598 e. The first-order valence-corrected chi connectivity index (χ1v) is 6.67.